The lowest BCUT2D eigenvalue weighted by Gasteiger charge is -2.10. The molecule has 0 unspecified atom stereocenters. The molecule has 4 nitrogen and oxygen atoms in total. The second-order valence-electron chi connectivity index (χ2n) is 4.96. The Labute approximate surface area is 123 Å². The van der Waals surface area contributed by atoms with Gasteiger partial charge in [-0.05, 0) is 36.2 Å². The van der Waals surface area contributed by atoms with Crippen LogP contribution in [0.25, 0.3) is 11.3 Å². The van der Waals surface area contributed by atoms with Gasteiger partial charge in [0.05, 0.1) is 5.69 Å². The SMILES string of the molecule is Cc1cc(-c2cc(N)n[nH]2)ccc1OCc1ccccc1. The third kappa shape index (κ3) is 3.05. The van der Waals surface area contributed by atoms with E-state index >= 15 is 0 Å². The van der Waals surface area contributed by atoms with Crippen molar-refractivity contribution in [3.8, 4) is 17.0 Å². The van der Waals surface area contributed by atoms with Gasteiger partial charge in [-0.1, -0.05) is 30.3 Å². The Balaban J connectivity index is 1.75. The van der Waals surface area contributed by atoms with Crippen molar-refractivity contribution < 1.29 is 4.74 Å². The van der Waals surface area contributed by atoms with E-state index in [0.717, 1.165) is 28.1 Å². The lowest BCUT2D eigenvalue weighted by Crippen LogP contribution is -1.96. The topological polar surface area (TPSA) is 63.9 Å². The number of rotatable bonds is 4. The largest absolute Gasteiger partial charge is 0.489 e. The summed E-state index contributed by atoms with van der Waals surface area (Å²) in [5.74, 6) is 1.38. The summed E-state index contributed by atoms with van der Waals surface area (Å²) in [5, 5.41) is 6.85. The van der Waals surface area contributed by atoms with Crippen molar-refractivity contribution in [2.75, 3.05) is 5.73 Å². The number of hydrogen-bond acceptors (Lipinski definition) is 3. The third-order valence-corrected chi connectivity index (χ3v) is 3.32. The fourth-order valence-corrected chi connectivity index (χ4v) is 2.20. The van der Waals surface area contributed by atoms with Crippen LogP contribution in [0.5, 0.6) is 5.75 Å². The molecular formula is C17H17N3O. The zero-order valence-electron chi connectivity index (χ0n) is 11.8. The number of anilines is 1. The van der Waals surface area contributed by atoms with Gasteiger partial charge < -0.3 is 10.5 Å². The lowest BCUT2D eigenvalue weighted by molar-refractivity contribution is 0.304. The number of hydrogen-bond donors (Lipinski definition) is 2. The summed E-state index contributed by atoms with van der Waals surface area (Å²) in [6.45, 7) is 2.60. The molecule has 0 aliphatic heterocycles. The summed E-state index contributed by atoms with van der Waals surface area (Å²) in [6.07, 6.45) is 0. The van der Waals surface area contributed by atoms with Crippen molar-refractivity contribution in [2.24, 2.45) is 0 Å². The van der Waals surface area contributed by atoms with Crippen molar-refractivity contribution in [1.29, 1.82) is 0 Å². The van der Waals surface area contributed by atoms with Crippen molar-refractivity contribution in [3.63, 3.8) is 0 Å². The summed E-state index contributed by atoms with van der Waals surface area (Å²) in [6, 6.07) is 18.0. The quantitative estimate of drug-likeness (QED) is 0.767. The molecule has 0 spiro atoms. The van der Waals surface area contributed by atoms with Crippen molar-refractivity contribution in [3.05, 3.63) is 65.7 Å². The Bertz CT molecular complexity index is 735. The summed E-state index contributed by atoms with van der Waals surface area (Å²) >= 11 is 0. The molecule has 106 valence electrons. The van der Waals surface area contributed by atoms with Crippen LogP contribution in [0.1, 0.15) is 11.1 Å². The second-order valence-corrected chi connectivity index (χ2v) is 4.96. The zero-order valence-corrected chi connectivity index (χ0v) is 11.8. The number of nitrogen functional groups attached to an aromatic ring is 1. The molecule has 0 saturated heterocycles. The first kappa shape index (κ1) is 13.2. The van der Waals surface area contributed by atoms with E-state index in [1.807, 2.05) is 43.3 Å². The monoisotopic (exact) mass is 279 g/mol. The smallest absolute Gasteiger partial charge is 0.145 e. The molecule has 1 heterocycles. The minimum Gasteiger partial charge on any atom is -0.489 e. The Morgan fingerprint density at radius 3 is 2.57 bits per heavy atom. The van der Waals surface area contributed by atoms with Crippen LogP contribution in [-0.2, 0) is 6.61 Å². The van der Waals surface area contributed by atoms with Gasteiger partial charge >= 0.3 is 0 Å². The van der Waals surface area contributed by atoms with Gasteiger partial charge in [0, 0.05) is 11.6 Å². The number of nitrogens with two attached hydrogens (primary N) is 1. The minimum absolute atomic E-state index is 0.493. The highest BCUT2D eigenvalue weighted by atomic mass is 16.5. The number of H-pyrrole nitrogens is 1. The first-order valence-corrected chi connectivity index (χ1v) is 6.81. The molecule has 3 aromatic rings. The molecule has 0 bridgehead atoms. The van der Waals surface area contributed by atoms with Gasteiger partial charge in [-0.2, -0.15) is 5.10 Å². The van der Waals surface area contributed by atoms with Gasteiger partial charge in [-0.25, -0.2) is 0 Å². The van der Waals surface area contributed by atoms with Crippen LogP contribution in [0.3, 0.4) is 0 Å². The van der Waals surface area contributed by atoms with Gasteiger partial charge in [0.1, 0.15) is 18.2 Å². The second kappa shape index (κ2) is 5.71. The minimum atomic E-state index is 0.493. The fraction of sp³-hybridized carbons (Fsp3) is 0.118. The molecule has 0 saturated carbocycles. The van der Waals surface area contributed by atoms with Crippen LogP contribution in [0.4, 0.5) is 5.82 Å². The van der Waals surface area contributed by atoms with Gasteiger partial charge in [0.2, 0.25) is 0 Å². The van der Waals surface area contributed by atoms with E-state index in [1.165, 1.54) is 0 Å². The fourth-order valence-electron chi connectivity index (χ4n) is 2.20. The molecule has 0 aliphatic carbocycles. The summed E-state index contributed by atoms with van der Waals surface area (Å²) in [7, 11) is 0. The van der Waals surface area contributed by atoms with Crippen LogP contribution in [0, 0.1) is 6.92 Å². The highest BCUT2D eigenvalue weighted by molar-refractivity contribution is 5.64. The van der Waals surface area contributed by atoms with Crippen molar-refractivity contribution >= 4 is 5.82 Å². The van der Waals surface area contributed by atoms with Crippen LogP contribution in [0.2, 0.25) is 0 Å². The van der Waals surface area contributed by atoms with E-state index in [-0.39, 0.29) is 0 Å². The predicted octanol–water partition coefficient (Wildman–Crippen LogP) is 3.55. The molecular weight excluding hydrogens is 262 g/mol. The number of aromatic amines is 1. The van der Waals surface area contributed by atoms with E-state index in [9.17, 15) is 0 Å². The molecule has 3 rings (SSSR count). The average Bonchev–Trinajstić information content (AvgIpc) is 2.93. The summed E-state index contributed by atoms with van der Waals surface area (Å²) in [5.41, 5.74) is 9.82. The first-order valence-electron chi connectivity index (χ1n) is 6.81. The Morgan fingerprint density at radius 1 is 1.10 bits per heavy atom. The van der Waals surface area contributed by atoms with Gasteiger partial charge in [-0.15, -0.1) is 0 Å². The maximum atomic E-state index is 5.87. The van der Waals surface area contributed by atoms with Gasteiger partial charge in [-0.3, -0.25) is 5.10 Å². The molecule has 0 aliphatic rings. The number of benzene rings is 2. The number of nitrogens with zero attached hydrogens (tertiary/aromatic N) is 1. The molecule has 0 radical (unpaired) electrons. The van der Waals surface area contributed by atoms with E-state index < -0.39 is 0 Å². The third-order valence-electron chi connectivity index (χ3n) is 3.32. The molecule has 4 heteroatoms. The number of aromatic nitrogens is 2. The molecule has 3 N–H and O–H groups in total. The van der Waals surface area contributed by atoms with Crippen molar-refractivity contribution in [1.82, 2.24) is 10.2 Å². The van der Waals surface area contributed by atoms with E-state index in [1.54, 1.807) is 0 Å². The van der Waals surface area contributed by atoms with Crippen molar-refractivity contribution in [2.45, 2.75) is 13.5 Å². The standard InChI is InChI=1S/C17H17N3O/c1-12-9-14(15-10-17(18)20-19-15)7-8-16(12)21-11-13-5-3-2-4-6-13/h2-10H,11H2,1H3,(H3,18,19,20). The molecule has 2 aromatic carbocycles. The molecule has 0 amide bonds. The van der Waals surface area contributed by atoms with Gasteiger partial charge in [0.25, 0.3) is 0 Å². The lowest BCUT2D eigenvalue weighted by atomic mass is 10.1. The molecule has 0 atom stereocenters. The molecule has 1 aromatic heterocycles. The Hall–Kier alpha value is -2.75. The highest BCUT2D eigenvalue weighted by Crippen LogP contribution is 2.26. The number of nitrogens with one attached hydrogen (secondary N) is 1. The van der Waals surface area contributed by atoms with Crippen LogP contribution in [0.15, 0.2) is 54.6 Å². The number of ether oxygens (including phenoxy) is 1. The zero-order chi connectivity index (χ0) is 14.7. The maximum Gasteiger partial charge on any atom is 0.145 e. The van der Waals surface area contributed by atoms with Crippen LogP contribution >= 0.6 is 0 Å². The first-order chi connectivity index (χ1) is 10.2. The highest BCUT2D eigenvalue weighted by Gasteiger charge is 2.05. The molecule has 0 fully saturated rings. The van der Waals surface area contributed by atoms with Gasteiger partial charge in [0.15, 0.2) is 0 Å². The normalized spacial score (nSPS) is 10.5. The van der Waals surface area contributed by atoms with E-state index in [0.29, 0.717) is 12.4 Å². The Kier molecular flexibility index (Phi) is 3.60. The summed E-state index contributed by atoms with van der Waals surface area (Å²) in [4.78, 5) is 0. The summed E-state index contributed by atoms with van der Waals surface area (Å²) < 4.78 is 5.87. The maximum absolute atomic E-state index is 5.87. The van der Waals surface area contributed by atoms with Crippen LogP contribution in [-0.4, -0.2) is 10.2 Å². The average molecular weight is 279 g/mol. The predicted molar refractivity (Wildman–Crippen MR) is 83.9 cm³/mol. The number of aryl methyl sites for hydroxylation is 1. The van der Waals surface area contributed by atoms with E-state index in [4.69, 9.17) is 10.5 Å². The molecule has 21 heavy (non-hydrogen) atoms. The van der Waals surface area contributed by atoms with Crippen LogP contribution < -0.4 is 10.5 Å². The Morgan fingerprint density at radius 2 is 1.90 bits per heavy atom. The van der Waals surface area contributed by atoms with E-state index in [2.05, 4.69) is 28.4 Å².